The fourth-order valence-corrected chi connectivity index (χ4v) is 4.89. The molecule has 0 atom stereocenters. The molecule has 0 saturated carbocycles. The van der Waals surface area contributed by atoms with Crippen LogP contribution in [0, 0.1) is 0 Å². The minimum Gasteiger partial charge on any atom is -0.376 e. The van der Waals surface area contributed by atoms with Gasteiger partial charge in [0.2, 0.25) is 0 Å². The highest BCUT2D eigenvalue weighted by atomic mass is 16.2. The Morgan fingerprint density at radius 1 is 0.543 bits per heavy atom. The number of fused-ring (bicyclic) bond motifs is 2. The van der Waals surface area contributed by atoms with Gasteiger partial charge in [-0.05, 0) is 59.0 Å². The molecule has 230 valence electrons. The van der Waals surface area contributed by atoms with Crippen LogP contribution >= 0.6 is 0 Å². The predicted molar refractivity (Wildman–Crippen MR) is 192 cm³/mol. The molecular weight excluding hydrogens is 572 g/mol. The van der Waals surface area contributed by atoms with Crippen molar-refractivity contribution in [3.05, 3.63) is 131 Å². The highest BCUT2D eigenvalue weighted by Gasteiger charge is 2.04. The third kappa shape index (κ3) is 9.00. The lowest BCUT2D eigenvalue weighted by Crippen LogP contribution is -2.25. The van der Waals surface area contributed by atoms with Gasteiger partial charge in [0.05, 0.1) is 25.5 Å². The topological polar surface area (TPSA) is 107 Å². The average Bonchev–Trinajstić information content (AvgIpc) is 3.07. The quantitative estimate of drug-likeness (QED) is 0.0886. The molecule has 5 aromatic rings. The normalized spacial score (nSPS) is 12.1. The second-order valence-corrected chi connectivity index (χ2v) is 10.8. The number of amides is 2. The van der Waals surface area contributed by atoms with Gasteiger partial charge >= 0.3 is 0 Å². The largest absolute Gasteiger partial charge is 0.376 e. The van der Waals surface area contributed by atoms with Gasteiger partial charge in [0.15, 0.2) is 0 Å². The van der Waals surface area contributed by atoms with Gasteiger partial charge < -0.3 is 10.6 Å². The van der Waals surface area contributed by atoms with Crippen molar-refractivity contribution >= 4 is 69.3 Å². The molecule has 0 aliphatic heterocycles. The Balaban J connectivity index is 1.05. The van der Waals surface area contributed by atoms with E-state index in [0.29, 0.717) is 0 Å². The summed E-state index contributed by atoms with van der Waals surface area (Å²) < 4.78 is 0. The summed E-state index contributed by atoms with van der Waals surface area (Å²) in [6.45, 7) is 4.07. The predicted octanol–water partition coefficient (Wildman–Crippen LogP) is 7.23. The summed E-state index contributed by atoms with van der Waals surface area (Å²) in [5, 5.41) is 18.9. The average molecular weight is 609 g/mol. The first-order valence-corrected chi connectivity index (χ1v) is 15.0. The number of hydrazone groups is 2. The lowest BCUT2D eigenvalue weighted by molar-refractivity contribution is -0.120. The first-order valence-electron chi connectivity index (χ1n) is 15.0. The maximum atomic E-state index is 12.3. The van der Waals surface area contributed by atoms with Gasteiger partial charge in [-0.25, -0.2) is 10.9 Å². The van der Waals surface area contributed by atoms with E-state index in [9.17, 15) is 9.59 Å². The fourth-order valence-electron chi connectivity index (χ4n) is 4.89. The van der Waals surface area contributed by atoms with Crippen LogP contribution in [0.15, 0.2) is 131 Å². The van der Waals surface area contributed by atoms with E-state index < -0.39 is 0 Å². The van der Waals surface area contributed by atoms with Crippen molar-refractivity contribution in [1.82, 2.24) is 10.9 Å². The number of rotatable bonds is 12. The Morgan fingerprint density at radius 2 is 0.935 bits per heavy atom. The number of carbonyl (C=O) groups excluding carboxylic acids is 2. The van der Waals surface area contributed by atoms with Crippen molar-refractivity contribution in [2.24, 2.45) is 10.2 Å². The smallest absolute Gasteiger partial charge is 0.259 e. The number of hydrogen-bond donors (Lipinski definition) is 4. The molecule has 0 unspecified atom stereocenters. The fraction of sp³-hybridized carbons (Fsp3) is 0.105. The number of benzene rings is 5. The molecule has 5 rings (SSSR count). The summed E-state index contributed by atoms with van der Waals surface area (Å²) >= 11 is 0. The summed E-state index contributed by atoms with van der Waals surface area (Å²) in [6, 6.07) is 36.0. The molecule has 0 fully saturated rings. The molecule has 0 spiro atoms. The van der Waals surface area contributed by atoms with Crippen molar-refractivity contribution in [3.63, 3.8) is 0 Å². The van der Waals surface area contributed by atoms with E-state index in [1.807, 2.05) is 135 Å². The molecule has 0 aliphatic rings. The van der Waals surface area contributed by atoms with Crippen molar-refractivity contribution in [2.75, 3.05) is 23.7 Å². The molecule has 0 heterocycles. The van der Waals surface area contributed by atoms with Crippen molar-refractivity contribution in [2.45, 2.75) is 13.8 Å². The van der Waals surface area contributed by atoms with Gasteiger partial charge in [0.25, 0.3) is 11.8 Å². The van der Waals surface area contributed by atoms with Crippen LogP contribution < -0.4 is 21.5 Å². The molecule has 0 bridgehead atoms. The van der Waals surface area contributed by atoms with Crippen LogP contribution in [0.3, 0.4) is 0 Å². The zero-order valence-electron chi connectivity index (χ0n) is 25.8. The van der Waals surface area contributed by atoms with E-state index in [1.54, 1.807) is 12.4 Å². The molecule has 2 amide bonds. The van der Waals surface area contributed by atoms with Crippen LogP contribution in [-0.4, -0.2) is 37.3 Å². The molecule has 46 heavy (non-hydrogen) atoms. The number of nitrogens with one attached hydrogen (secondary N) is 4. The van der Waals surface area contributed by atoms with E-state index in [4.69, 9.17) is 0 Å². The number of allylic oxidation sites excluding steroid dienone is 2. The minimum absolute atomic E-state index is 0.114. The Bertz CT molecular complexity index is 1810. The lowest BCUT2D eigenvalue weighted by Gasteiger charge is -2.08. The van der Waals surface area contributed by atoms with Crippen LogP contribution in [0.1, 0.15) is 25.0 Å². The minimum atomic E-state index is -0.232. The number of nitrogens with zero attached hydrogens (tertiary/aromatic N) is 2. The van der Waals surface area contributed by atoms with Crippen LogP contribution in [0.2, 0.25) is 0 Å². The molecule has 8 heteroatoms. The van der Waals surface area contributed by atoms with Gasteiger partial charge in [0.1, 0.15) is 0 Å². The Labute approximate surface area is 268 Å². The summed E-state index contributed by atoms with van der Waals surface area (Å²) in [4.78, 5) is 24.6. The lowest BCUT2D eigenvalue weighted by atomic mass is 10.1. The van der Waals surface area contributed by atoms with Gasteiger partial charge in [-0.15, -0.1) is 0 Å². The van der Waals surface area contributed by atoms with Crippen LogP contribution in [-0.2, 0) is 9.59 Å². The summed E-state index contributed by atoms with van der Waals surface area (Å²) in [5.74, 6) is -0.464. The monoisotopic (exact) mass is 608 g/mol. The SMILES string of the molecule is CC(C=NNC(=O)CNc1cccc2ccccc12)=Cc1ccc(C=C(C)C=NNC(=O)CNc2cccc3ccccc23)cc1. The van der Waals surface area contributed by atoms with Crippen LogP contribution in [0.4, 0.5) is 11.4 Å². The van der Waals surface area contributed by atoms with E-state index in [0.717, 1.165) is 55.2 Å². The van der Waals surface area contributed by atoms with Gasteiger partial charge in [-0.1, -0.05) is 109 Å². The maximum absolute atomic E-state index is 12.3. The molecule has 8 nitrogen and oxygen atoms in total. The Morgan fingerprint density at radius 3 is 1.37 bits per heavy atom. The van der Waals surface area contributed by atoms with Gasteiger partial charge in [-0.3, -0.25) is 9.59 Å². The van der Waals surface area contributed by atoms with Crippen LogP contribution in [0.25, 0.3) is 33.7 Å². The first kappa shape index (κ1) is 31.4. The molecule has 0 aromatic heterocycles. The molecule has 5 aromatic carbocycles. The zero-order chi connectivity index (χ0) is 32.1. The van der Waals surface area contributed by atoms with Crippen LogP contribution in [0.5, 0.6) is 0 Å². The summed E-state index contributed by atoms with van der Waals surface area (Å²) in [5.41, 5.74) is 10.7. The van der Waals surface area contributed by atoms with E-state index in [1.165, 1.54) is 0 Å². The maximum Gasteiger partial charge on any atom is 0.259 e. The third-order valence-electron chi connectivity index (χ3n) is 7.10. The van der Waals surface area contributed by atoms with E-state index in [2.05, 4.69) is 31.7 Å². The molecule has 0 radical (unpaired) electrons. The second-order valence-electron chi connectivity index (χ2n) is 10.8. The van der Waals surface area contributed by atoms with Crippen molar-refractivity contribution in [3.8, 4) is 0 Å². The molecular formula is C38H36N6O2. The van der Waals surface area contributed by atoms with E-state index >= 15 is 0 Å². The summed E-state index contributed by atoms with van der Waals surface area (Å²) in [6.07, 6.45) is 7.20. The number of hydrogen-bond acceptors (Lipinski definition) is 6. The van der Waals surface area contributed by atoms with Crippen molar-refractivity contribution in [1.29, 1.82) is 0 Å². The molecule has 0 aliphatic carbocycles. The highest BCUT2D eigenvalue weighted by molar-refractivity contribution is 5.96. The van der Waals surface area contributed by atoms with Gasteiger partial charge in [0, 0.05) is 22.1 Å². The van der Waals surface area contributed by atoms with E-state index in [-0.39, 0.29) is 24.9 Å². The standard InChI is InChI=1S/C38H36N6O2/c1-27(23-41-43-37(45)25-39-35-15-7-11-31-9-3-5-13-33(31)35)21-29-17-19-30(20-18-29)22-28(2)24-42-44-38(46)26-40-36-16-8-12-32-10-4-6-14-34(32)36/h3-24,39-40H,25-26H2,1-2H3,(H,43,45)(H,44,46). The number of anilines is 2. The third-order valence-corrected chi connectivity index (χ3v) is 7.10. The number of carbonyl (C=O) groups is 2. The van der Waals surface area contributed by atoms with Gasteiger partial charge in [-0.2, -0.15) is 10.2 Å². The van der Waals surface area contributed by atoms with Crippen molar-refractivity contribution < 1.29 is 9.59 Å². The second kappa shape index (κ2) is 15.6. The molecule has 4 N–H and O–H groups in total. The molecule has 0 saturated heterocycles. The highest BCUT2D eigenvalue weighted by Crippen LogP contribution is 2.23. The summed E-state index contributed by atoms with van der Waals surface area (Å²) in [7, 11) is 0. The first-order chi connectivity index (χ1) is 22.4. The Hall–Kier alpha value is -6.02. The zero-order valence-corrected chi connectivity index (χ0v) is 25.8. The Kier molecular flexibility index (Phi) is 10.7.